The van der Waals surface area contributed by atoms with Crippen molar-refractivity contribution in [1.82, 2.24) is 5.48 Å². The second kappa shape index (κ2) is 3.69. The summed E-state index contributed by atoms with van der Waals surface area (Å²) >= 11 is 0. The monoisotopic (exact) mass is 161 g/mol. The zero-order valence-electron chi connectivity index (χ0n) is 7.09. The van der Waals surface area contributed by atoms with Gasteiger partial charge >= 0.3 is 0 Å². The number of aliphatic hydroxyl groups is 1. The van der Waals surface area contributed by atoms with E-state index in [4.69, 9.17) is 5.21 Å². The van der Waals surface area contributed by atoms with Gasteiger partial charge in [0.2, 0.25) is 5.91 Å². The SMILES string of the molecule is CCC(C(=O)NO)C(C)(C)O. The molecule has 0 fully saturated rings. The van der Waals surface area contributed by atoms with Gasteiger partial charge in [-0.3, -0.25) is 10.0 Å². The van der Waals surface area contributed by atoms with Crippen LogP contribution in [-0.2, 0) is 4.79 Å². The number of hydroxylamine groups is 1. The van der Waals surface area contributed by atoms with Crippen molar-refractivity contribution in [3.63, 3.8) is 0 Å². The molecule has 4 nitrogen and oxygen atoms in total. The number of carbonyl (C=O) groups is 1. The number of amides is 1. The Hall–Kier alpha value is -0.610. The van der Waals surface area contributed by atoms with E-state index in [1.165, 1.54) is 19.3 Å². The fraction of sp³-hybridized carbons (Fsp3) is 0.857. The highest BCUT2D eigenvalue weighted by molar-refractivity contribution is 5.78. The summed E-state index contributed by atoms with van der Waals surface area (Å²) in [6, 6.07) is 0. The van der Waals surface area contributed by atoms with Gasteiger partial charge in [0.1, 0.15) is 0 Å². The molecule has 0 saturated heterocycles. The summed E-state index contributed by atoms with van der Waals surface area (Å²) in [5.41, 5.74) is 0.442. The van der Waals surface area contributed by atoms with Gasteiger partial charge in [-0.05, 0) is 20.3 Å². The summed E-state index contributed by atoms with van der Waals surface area (Å²) in [7, 11) is 0. The van der Waals surface area contributed by atoms with Crippen molar-refractivity contribution in [2.75, 3.05) is 0 Å². The molecule has 1 unspecified atom stereocenters. The molecule has 11 heavy (non-hydrogen) atoms. The van der Waals surface area contributed by atoms with Gasteiger partial charge in [0.25, 0.3) is 0 Å². The van der Waals surface area contributed by atoms with Gasteiger partial charge in [0.05, 0.1) is 11.5 Å². The molecule has 4 heteroatoms. The highest BCUT2D eigenvalue weighted by Crippen LogP contribution is 2.19. The Labute approximate surface area is 66.2 Å². The van der Waals surface area contributed by atoms with Crippen molar-refractivity contribution in [2.24, 2.45) is 5.92 Å². The van der Waals surface area contributed by atoms with E-state index >= 15 is 0 Å². The van der Waals surface area contributed by atoms with Crippen molar-refractivity contribution < 1.29 is 15.1 Å². The molecule has 0 spiro atoms. The number of nitrogens with one attached hydrogen (secondary N) is 1. The lowest BCUT2D eigenvalue weighted by Crippen LogP contribution is -2.41. The zero-order valence-corrected chi connectivity index (χ0v) is 7.09. The van der Waals surface area contributed by atoms with E-state index in [2.05, 4.69) is 0 Å². The summed E-state index contributed by atoms with van der Waals surface area (Å²) in [5.74, 6) is -1.10. The third-order valence-electron chi connectivity index (χ3n) is 1.69. The first-order chi connectivity index (χ1) is 4.93. The molecule has 0 aliphatic rings. The van der Waals surface area contributed by atoms with Crippen LogP contribution in [0.15, 0.2) is 0 Å². The minimum atomic E-state index is -1.08. The number of rotatable bonds is 3. The third kappa shape index (κ3) is 2.86. The van der Waals surface area contributed by atoms with Gasteiger partial charge in [-0.25, -0.2) is 5.48 Å². The molecule has 3 N–H and O–H groups in total. The van der Waals surface area contributed by atoms with E-state index in [9.17, 15) is 9.90 Å². The minimum absolute atomic E-state index is 0.496. The van der Waals surface area contributed by atoms with Crippen LogP contribution >= 0.6 is 0 Å². The van der Waals surface area contributed by atoms with Crippen LogP contribution in [0.5, 0.6) is 0 Å². The zero-order chi connectivity index (χ0) is 9.07. The van der Waals surface area contributed by atoms with Crippen molar-refractivity contribution in [3.05, 3.63) is 0 Å². The molecule has 0 bridgehead atoms. The molecule has 1 atom stereocenters. The number of carbonyl (C=O) groups excluding carboxylic acids is 1. The van der Waals surface area contributed by atoms with Crippen LogP contribution in [0.4, 0.5) is 0 Å². The van der Waals surface area contributed by atoms with E-state index in [1.54, 1.807) is 6.92 Å². The van der Waals surface area contributed by atoms with E-state index in [0.29, 0.717) is 6.42 Å². The van der Waals surface area contributed by atoms with Gasteiger partial charge in [0.15, 0.2) is 0 Å². The molecule has 0 aromatic heterocycles. The molecule has 0 aromatic carbocycles. The lowest BCUT2D eigenvalue weighted by atomic mass is 9.88. The summed E-state index contributed by atoms with van der Waals surface area (Å²) in [5, 5.41) is 17.7. The smallest absolute Gasteiger partial charge is 0.249 e. The molecule has 1 amide bonds. The average molecular weight is 161 g/mol. The van der Waals surface area contributed by atoms with Crippen molar-refractivity contribution >= 4 is 5.91 Å². The molecule has 0 aromatic rings. The number of hydrogen-bond acceptors (Lipinski definition) is 3. The fourth-order valence-corrected chi connectivity index (χ4v) is 1.08. The first-order valence-electron chi connectivity index (χ1n) is 3.59. The van der Waals surface area contributed by atoms with Gasteiger partial charge in [0, 0.05) is 0 Å². The first kappa shape index (κ1) is 10.4. The predicted molar refractivity (Wildman–Crippen MR) is 40.0 cm³/mol. The van der Waals surface area contributed by atoms with Crippen LogP contribution in [0.2, 0.25) is 0 Å². The second-order valence-corrected chi connectivity index (χ2v) is 3.09. The van der Waals surface area contributed by atoms with Gasteiger partial charge in [-0.1, -0.05) is 6.92 Å². The van der Waals surface area contributed by atoms with Gasteiger partial charge in [-0.2, -0.15) is 0 Å². The fourth-order valence-electron chi connectivity index (χ4n) is 1.08. The maximum absolute atomic E-state index is 10.9. The molecule has 0 radical (unpaired) electrons. The lowest BCUT2D eigenvalue weighted by Gasteiger charge is -2.25. The molecule has 66 valence electrons. The van der Waals surface area contributed by atoms with E-state index in [-0.39, 0.29) is 0 Å². The minimum Gasteiger partial charge on any atom is -0.390 e. The van der Waals surface area contributed by atoms with Gasteiger partial charge in [-0.15, -0.1) is 0 Å². The Morgan fingerprint density at radius 2 is 2.09 bits per heavy atom. The summed E-state index contributed by atoms with van der Waals surface area (Å²) < 4.78 is 0. The molecule has 0 rings (SSSR count). The quantitative estimate of drug-likeness (QED) is 0.411. The van der Waals surface area contributed by atoms with Crippen molar-refractivity contribution in [2.45, 2.75) is 32.8 Å². The molecular weight excluding hydrogens is 146 g/mol. The largest absolute Gasteiger partial charge is 0.390 e. The molecule has 0 aliphatic heterocycles. The Balaban J connectivity index is 4.29. The molecule has 0 saturated carbocycles. The maximum atomic E-state index is 10.9. The lowest BCUT2D eigenvalue weighted by molar-refractivity contribution is -0.141. The Morgan fingerprint density at radius 1 is 1.64 bits per heavy atom. The third-order valence-corrected chi connectivity index (χ3v) is 1.69. The van der Waals surface area contributed by atoms with Crippen LogP contribution < -0.4 is 5.48 Å². The average Bonchev–Trinajstić information content (AvgIpc) is 1.86. The summed E-state index contributed by atoms with van der Waals surface area (Å²) in [4.78, 5) is 10.9. The maximum Gasteiger partial charge on any atom is 0.249 e. The summed E-state index contributed by atoms with van der Waals surface area (Å²) in [6.07, 6.45) is 0.496. The van der Waals surface area contributed by atoms with Crippen LogP contribution in [0, 0.1) is 5.92 Å². The van der Waals surface area contributed by atoms with E-state index < -0.39 is 17.4 Å². The first-order valence-corrected chi connectivity index (χ1v) is 3.59. The summed E-state index contributed by atoms with van der Waals surface area (Å²) in [6.45, 7) is 4.85. The van der Waals surface area contributed by atoms with E-state index in [0.717, 1.165) is 0 Å². The van der Waals surface area contributed by atoms with Crippen LogP contribution in [0.1, 0.15) is 27.2 Å². The van der Waals surface area contributed by atoms with E-state index in [1.807, 2.05) is 0 Å². The molecule has 0 heterocycles. The highest BCUT2D eigenvalue weighted by Gasteiger charge is 2.31. The van der Waals surface area contributed by atoms with Gasteiger partial charge < -0.3 is 5.11 Å². The normalized spacial score (nSPS) is 14.3. The Kier molecular flexibility index (Phi) is 3.48. The Morgan fingerprint density at radius 3 is 2.18 bits per heavy atom. The second-order valence-electron chi connectivity index (χ2n) is 3.09. The van der Waals surface area contributed by atoms with Crippen LogP contribution in [-0.4, -0.2) is 21.8 Å². The standard InChI is InChI=1S/C7H15NO3/c1-4-5(6(9)8-11)7(2,3)10/h5,10-11H,4H2,1-3H3,(H,8,9). The van der Waals surface area contributed by atoms with Crippen LogP contribution in [0.25, 0.3) is 0 Å². The topological polar surface area (TPSA) is 69.6 Å². The molecule has 0 aliphatic carbocycles. The molecular formula is C7H15NO3. The van der Waals surface area contributed by atoms with Crippen molar-refractivity contribution in [3.8, 4) is 0 Å². The van der Waals surface area contributed by atoms with Crippen molar-refractivity contribution in [1.29, 1.82) is 0 Å². The highest BCUT2D eigenvalue weighted by atomic mass is 16.5. The predicted octanol–water partition coefficient (Wildman–Crippen LogP) is 0.289. The Bertz CT molecular complexity index is 139. The van der Waals surface area contributed by atoms with Crippen LogP contribution in [0.3, 0.4) is 0 Å². The number of hydrogen-bond donors (Lipinski definition) is 3.